The molecule has 26 heavy (non-hydrogen) atoms. The molecule has 1 unspecified atom stereocenters. The van der Waals surface area contributed by atoms with Crippen LogP contribution < -0.4 is 4.31 Å². The number of H-pyrrole nitrogens is 1. The molecule has 0 saturated heterocycles. The second-order valence-corrected chi connectivity index (χ2v) is 9.40. The second-order valence-electron chi connectivity index (χ2n) is 5.74. The largest absolute Gasteiger partial charge is 0.587 e. The standard InChI is InChI=1S/C18H19N3O2S3/c1-23-9-8-21(26(22)16-6-3-10-24-16)15-5-2-4-13-12-14(20-17(13)15)18-19-7-11-25-18/h2-6,10,12,20H,7-9,11H2,1H3. The van der Waals surface area contributed by atoms with Crippen LogP contribution in [0.4, 0.5) is 5.69 Å². The van der Waals surface area contributed by atoms with Gasteiger partial charge in [0.25, 0.3) is 0 Å². The van der Waals surface area contributed by atoms with E-state index in [1.165, 1.54) is 11.3 Å². The van der Waals surface area contributed by atoms with Crippen molar-refractivity contribution in [1.82, 2.24) is 4.98 Å². The van der Waals surface area contributed by atoms with Gasteiger partial charge in [0, 0.05) is 30.9 Å². The zero-order valence-corrected chi connectivity index (χ0v) is 16.8. The van der Waals surface area contributed by atoms with E-state index in [1.807, 2.05) is 34.0 Å². The van der Waals surface area contributed by atoms with Crippen LogP contribution in [0.1, 0.15) is 5.69 Å². The Hall–Kier alpha value is -1.45. The van der Waals surface area contributed by atoms with E-state index in [1.54, 1.807) is 18.9 Å². The molecule has 1 aromatic carbocycles. The van der Waals surface area contributed by atoms with Gasteiger partial charge in [-0.1, -0.05) is 23.5 Å². The van der Waals surface area contributed by atoms with Gasteiger partial charge in [-0.3, -0.25) is 4.99 Å². The number of nitrogens with zero attached hydrogens (tertiary/aromatic N) is 2. The summed E-state index contributed by atoms with van der Waals surface area (Å²) in [5.41, 5.74) is 2.93. The minimum atomic E-state index is -1.27. The number of anilines is 1. The average molecular weight is 406 g/mol. The van der Waals surface area contributed by atoms with Gasteiger partial charge < -0.3 is 14.3 Å². The Bertz CT molecular complexity index is 908. The number of hydrogen-bond acceptors (Lipinski definition) is 6. The van der Waals surface area contributed by atoms with Gasteiger partial charge in [-0.25, -0.2) is 0 Å². The highest BCUT2D eigenvalue weighted by Gasteiger charge is 2.26. The van der Waals surface area contributed by atoms with Crippen LogP contribution in [-0.4, -0.2) is 47.1 Å². The summed E-state index contributed by atoms with van der Waals surface area (Å²) in [4.78, 5) is 8.06. The summed E-state index contributed by atoms with van der Waals surface area (Å²) >= 11 is 2.00. The van der Waals surface area contributed by atoms with Crippen molar-refractivity contribution in [3.8, 4) is 0 Å². The van der Waals surface area contributed by atoms with Crippen molar-refractivity contribution in [2.75, 3.05) is 36.9 Å². The Kier molecular flexibility index (Phi) is 5.56. The summed E-state index contributed by atoms with van der Waals surface area (Å²) in [6.07, 6.45) is 0. The van der Waals surface area contributed by atoms with Crippen molar-refractivity contribution >= 4 is 56.1 Å². The lowest BCUT2D eigenvalue weighted by atomic mass is 10.2. The quantitative estimate of drug-likeness (QED) is 0.606. The molecule has 0 radical (unpaired) electrons. The first-order valence-corrected chi connectivity index (χ1v) is 11.3. The first-order valence-electron chi connectivity index (χ1n) is 8.29. The molecule has 3 aromatic rings. The van der Waals surface area contributed by atoms with Crippen LogP contribution >= 0.6 is 23.1 Å². The van der Waals surface area contributed by atoms with Gasteiger partial charge in [-0.15, -0.1) is 11.8 Å². The Labute approximate surface area is 163 Å². The smallest absolute Gasteiger partial charge is 0.233 e. The summed E-state index contributed by atoms with van der Waals surface area (Å²) in [6.45, 7) is 1.92. The number of para-hydroxylation sites is 1. The fourth-order valence-electron chi connectivity index (χ4n) is 2.90. The number of aromatic amines is 1. The molecule has 1 aliphatic heterocycles. The number of rotatable bonds is 7. The number of hydrogen-bond donors (Lipinski definition) is 1. The van der Waals surface area contributed by atoms with Crippen LogP contribution in [0.15, 0.2) is 51.0 Å². The Morgan fingerprint density at radius 3 is 3.00 bits per heavy atom. The van der Waals surface area contributed by atoms with Gasteiger partial charge in [0.1, 0.15) is 22.1 Å². The average Bonchev–Trinajstić information content (AvgIpc) is 3.42. The third-order valence-electron chi connectivity index (χ3n) is 4.08. The maximum absolute atomic E-state index is 13.2. The van der Waals surface area contributed by atoms with Crippen molar-refractivity contribution in [3.05, 3.63) is 47.5 Å². The van der Waals surface area contributed by atoms with Crippen LogP contribution in [0, 0.1) is 0 Å². The fourth-order valence-corrected chi connectivity index (χ4v) is 5.92. The van der Waals surface area contributed by atoms with E-state index in [4.69, 9.17) is 4.74 Å². The molecule has 1 atom stereocenters. The number of aromatic nitrogens is 1. The molecule has 0 spiro atoms. The molecule has 8 heteroatoms. The SMILES string of the molecule is COCCN(c1cccc2cc(C3=NCCS3)[nH]c12)[S+]([O-])c1cccs1. The van der Waals surface area contributed by atoms with Crippen molar-refractivity contribution in [2.45, 2.75) is 4.21 Å². The number of aliphatic imine (C=N–C) groups is 1. The molecule has 4 rings (SSSR count). The Morgan fingerprint density at radius 1 is 1.35 bits per heavy atom. The zero-order valence-electron chi connectivity index (χ0n) is 14.3. The number of thiophene rings is 1. The minimum absolute atomic E-state index is 0.504. The van der Waals surface area contributed by atoms with E-state index >= 15 is 0 Å². The number of thioether (sulfide) groups is 1. The van der Waals surface area contributed by atoms with E-state index in [2.05, 4.69) is 22.1 Å². The van der Waals surface area contributed by atoms with E-state index in [0.29, 0.717) is 13.2 Å². The lowest BCUT2D eigenvalue weighted by molar-refractivity contribution is 0.208. The monoisotopic (exact) mass is 405 g/mol. The summed E-state index contributed by atoms with van der Waals surface area (Å²) in [5.74, 6) is 1.03. The van der Waals surface area contributed by atoms with Gasteiger partial charge in [0.05, 0.1) is 24.4 Å². The number of nitrogens with one attached hydrogen (secondary N) is 1. The lowest BCUT2D eigenvalue weighted by Gasteiger charge is -2.25. The van der Waals surface area contributed by atoms with Gasteiger partial charge >= 0.3 is 0 Å². The van der Waals surface area contributed by atoms with Crippen molar-refractivity contribution < 1.29 is 9.29 Å². The van der Waals surface area contributed by atoms with E-state index in [9.17, 15) is 4.55 Å². The number of fused-ring (bicyclic) bond motifs is 1. The molecular formula is C18H19N3O2S3. The van der Waals surface area contributed by atoms with Crippen LogP contribution in [-0.2, 0) is 16.1 Å². The van der Waals surface area contributed by atoms with Crippen molar-refractivity contribution in [3.63, 3.8) is 0 Å². The number of ether oxygens (including phenoxy) is 1. The molecule has 5 nitrogen and oxygen atoms in total. The molecule has 1 N–H and O–H groups in total. The minimum Gasteiger partial charge on any atom is -0.587 e. The van der Waals surface area contributed by atoms with Crippen LogP contribution in [0.25, 0.3) is 10.9 Å². The molecule has 0 aliphatic carbocycles. The normalized spacial score (nSPS) is 15.4. The molecule has 1 aliphatic rings. The Morgan fingerprint density at radius 2 is 2.27 bits per heavy atom. The third kappa shape index (κ3) is 3.52. The number of benzene rings is 1. The fraction of sp³-hybridized carbons (Fsp3) is 0.278. The predicted molar refractivity (Wildman–Crippen MR) is 112 cm³/mol. The molecule has 0 amide bonds. The maximum atomic E-state index is 13.2. The van der Waals surface area contributed by atoms with Gasteiger partial charge in [0.15, 0.2) is 0 Å². The predicted octanol–water partition coefficient (Wildman–Crippen LogP) is 3.90. The first-order chi connectivity index (χ1) is 12.8. The van der Waals surface area contributed by atoms with E-state index < -0.39 is 11.4 Å². The molecule has 0 bridgehead atoms. The lowest BCUT2D eigenvalue weighted by Crippen LogP contribution is -2.33. The third-order valence-corrected chi connectivity index (χ3v) is 7.73. The maximum Gasteiger partial charge on any atom is 0.233 e. The van der Waals surface area contributed by atoms with Crippen molar-refractivity contribution in [1.29, 1.82) is 0 Å². The summed E-state index contributed by atoms with van der Waals surface area (Å²) in [7, 11) is 1.66. The zero-order chi connectivity index (χ0) is 17.9. The Balaban J connectivity index is 1.75. The second kappa shape index (κ2) is 8.06. The highest BCUT2D eigenvalue weighted by Crippen LogP contribution is 2.33. The molecule has 3 heterocycles. The van der Waals surface area contributed by atoms with Gasteiger partial charge in [0.2, 0.25) is 4.21 Å². The molecule has 0 fully saturated rings. The van der Waals surface area contributed by atoms with E-state index in [0.717, 1.165) is 43.8 Å². The highest BCUT2D eigenvalue weighted by molar-refractivity contribution is 8.14. The molecule has 136 valence electrons. The molecule has 2 aromatic heterocycles. The van der Waals surface area contributed by atoms with Gasteiger partial charge in [-0.2, -0.15) is 4.31 Å². The first kappa shape index (κ1) is 17.9. The van der Waals surface area contributed by atoms with Crippen LogP contribution in [0.5, 0.6) is 0 Å². The summed E-state index contributed by atoms with van der Waals surface area (Å²) in [6, 6.07) is 12.0. The molecular weight excluding hydrogens is 386 g/mol. The van der Waals surface area contributed by atoms with Crippen molar-refractivity contribution in [2.24, 2.45) is 4.99 Å². The van der Waals surface area contributed by atoms with E-state index in [-0.39, 0.29) is 0 Å². The van der Waals surface area contributed by atoms with Crippen LogP contribution in [0.3, 0.4) is 0 Å². The highest BCUT2D eigenvalue weighted by atomic mass is 32.2. The molecule has 0 saturated carbocycles. The summed E-state index contributed by atoms with van der Waals surface area (Å²) < 4.78 is 21.2. The van der Waals surface area contributed by atoms with Crippen LogP contribution in [0.2, 0.25) is 0 Å². The number of methoxy groups -OCH3 is 1. The summed E-state index contributed by atoms with van der Waals surface area (Å²) in [5, 5.41) is 4.10. The topological polar surface area (TPSA) is 63.7 Å². The van der Waals surface area contributed by atoms with Gasteiger partial charge in [-0.05, 0) is 23.6 Å².